The second-order valence-corrected chi connectivity index (χ2v) is 19.6. The summed E-state index contributed by atoms with van der Waals surface area (Å²) in [5, 5.41) is 5.01. The minimum absolute atomic E-state index is 0.0223. The van der Waals surface area contributed by atoms with Gasteiger partial charge in [-0.05, 0) is 67.3 Å². The maximum absolute atomic E-state index is 14.9. The minimum Gasteiger partial charge on any atom is -0.497 e. The molecule has 1 aromatic heterocycles. The molecule has 2 saturated carbocycles. The number of para-hydroxylation sites is 1. The Labute approximate surface area is 351 Å². The Morgan fingerprint density at radius 1 is 0.983 bits per heavy atom. The molecule has 1 unspecified atom stereocenters. The quantitative estimate of drug-likeness (QED) is 0.0842. The lowest BCUT2D eigenvalue weighted by Crippen LogP contribution is -2.58. The molecule has 0 spiro atoms. The summed E-state index contributed by atoms with van der Waals surface area (Å²) in [7, 11) is -0.917. The van der Waals surface area contributed by atoms with Crippen molar-refractivity contribution in [1.29, 1.82) is 0 Å². The van der Waals surface area contributed by atoms with E-state index in [9.17, 15) is 23.8 Å². The number of amides is 3. The topological polar surface area (TPSA) is 166 Å². The highest BCUT2D eigenvalue weighted by Gasteiger charge is 2.65. The number of rotatable bonds is 14. The SMILES string of the molecule is C=C[C@@H]1C[C@]1(NC(=O)[C@@H]1C[C@@H](Oc2cc(-c3ccccc3OC)nc3cc(OC)ccc23)CN1C(=O)[C@@H](NC(=O)OC1CCCC1)C(C)(C)C)P(=O)(O)Cc1ccccc1. The van der Waals surface area contributed by atoms with Crippen LogP contribution in [0.5, 0.6) is 17.2 Å². The molecule has 3 aliphatic rings. The van der Waals surface area contributed by atoms with E-state index in [-0.39, 0.29) is 31.7 Å². The number of nitrogens with one attached hydrogen (secondary N) is 2. The molecule has 3 fully saturated rings. The van der Waals surface area contributed by atoms with Crippen LogP contribution < -0.4 is 24.8 Å². The van der Waals surface area contributed by atoms with Gasteiger partial charge in [-0.3, -0.25) is 14.2 Å². The average molecular weight is 839 g/mol. The maximum Gasteiger partial charge on any atom is 0.408 e. The van der Waals surface area contributed by atoms with E-state index in [2.05, 4.69) is 17.2 Å². The molecule has 2 aliphatic carbocycles. The number of methoxy groups -OCH3 is 2. The Bertz CT molecular complexity index is 2290. The van der Waals surface area contributed by atoms with Crippen molar-refractivity contribution in [2.75, 3.05) is 20.8 Å². The number of hydrogen-bond donors (Lipinski definition) is 3. The minimum atomic E-state index is -4.08. The predicted octanol–water partition coefficient (Wildman–Crippen LogP) is 7.84. The van der Waals surface area contributed by atoms with E-state index in [1.54, 1.807) is 56.7 Å². The van der Waals surface area contributed by atoms with Gasteiger partial charge in [0.1, 0.15) is 46.8 Å². The van der Waals surface area contributed by atoms with Crippen molar-refractivity contribution in [3.8, 4) is 28.5 Å². The molecule has 4 aromatic rings. The summed E-state index contributed by atoms with van der Waals surface area (Å²) < 4.78 is 38.0. The van der Waals surface area contributed by atoms with Gasteiger partial charge in [0.25, 0.3) is 0 Å². The van der Waals surface area contributed by atoms with Crippen molar-refractivity contribution in [2.24, 2.45) is 11.3 Å². The van der Waals surface area contributed by atoms with E-state index in [4.69, 9.17) is 23.9 Å². The van der Waals surface area contributed by atoms with Crippen LogP contribution in [0, 0.1) is 11.3 Å². The number of hydrogen-bond acceptors (Lipinski definition) is 9. The Kier molecular flexibility index (Phi) is 12.3. The smallest absolute Gasteiger partial charge is 0.408 e. The molecule has 318 valence electrons. The normalized spacial score (nSPS) is 23.0. The molecule has 60 heavy (non-hydrogen) atoms. The molecule has 3 N–H and O–H groups in total. The van der Waals surface area contributed by atoms with Gasteiger partial charge < -0.3 is 39.4 Å². The van der Waals surface area contributed by atoms with Crippen LogP contribution in [0.2, 0.25) is 0 Å². The zero-order valence-corrected chi connectivity index (χ0v) is 35.8. The second-order valence-electron chi connectivity index (χ2n) is 17.1. The fourth-order valence-corrected chi connectivity index (χ4v) is 10.9. The fraction of sp³-hybridized carbons (Fsp3) is 0.435. The van der Waals surface area contributed by atoms with E-state index in [0.29, 0.717) is 39.4 Å². The molecular weight excluding hydrogens is 783 g/mol. The molecule has 7 rings (SSSR count). The third-order valence-electron chi connectivity index (χ3n) is 11.9. The zero-order chi connectivity index (χ0) is 42.8. The van der Waals surface area contributed by atoms with Crippen LogP contribution in [-0.2, 0) is 25.1 Å². The highest BCUT2D eigenvalue weighted by Crippen LogP contribution is 2.70. The molecule has 0 bridgehead atoms. The van der Waals surface area contributed by atoms with Crippen LogP contribution >= 0.6 is 7.37 Å². The summed E-state index contributed by atoms with van der Waals surface area (Å²) in [6.45, 7) is 9.37. The molecule has 0 radical (unpaired) electrons. The first-order valence-electron chi connectivity index (χ1n) is 20.5. The number of alkyl carbamates (subject to hydrolysis) is 1. The molecule has 3 aromatic carbocycles. The lowest BCUT2D eigenvalue weighted by Gasteiger charge is -2.36. The largest absolute Gasteiger partial charge is 0.497 e. The van der Waals surface area contributed by atoms with Crippen LogP contribution in [-0.4, -0.2) is 83.0 Å². The van der Waals surface area contributed by atoms with Gasteiger partial charge in [0.05, 0.1) is 38.1 Å². The van der Waals surface area contributed by atoms with E-state index in [0.717, 1.165) is 31.2 Å². The predicted molar refractivity (Wildman–Crippen MR) is 229 cm³/mol. The molecule has 1 saturated heterocycles. The highest BCUT2D eigenvalue weighted by atomic mass is 31.2. The van der Waals surface area contributed by atoms with Gasteiger partial charge in [0, 0.05) is 35.4 Å². The number of nitrogens with zero attached hydrogens (tertiary/aromatic N) is 2. The van der Waals surface area contributed by atoms with Crippen molar-refractivity contribution >= 4 is 36.2 Å². The van der Waals surface area contributed by atoms with Crippen LogP contribution in [0.15, 0.2) is 91.5 Å². The number of benzene rings is 3. The van der Waals surface area contributed by atoms with Gasteiger partial charge in [-0.2, -0.15) is 0 Å². The first kappa shape index (κ1) is 42.7. The molecular formula is C46H55N4O9P. The maximum atomic E-state index is 14.9. The van der Waals surface area contributed by atoms with Crippen LogP contribution in [0.1, 0.15) is 64.9 Å². The highest BCUT2D eigenvalue weighted by molar-refractivity contribution is 7.59. The molecule has 14 heteroatoms. The third kappa shape index (κ3) is 8.88. The van der Waals surface area contributed by atoms with Crippen LogP contribution in [0.4, 0.5) is 4.79 Å². The number of ether oxygens (including phenoxy) is 4. The van der Waals surface area contributed by atoms with E-state index in [1.165, 1.54) is 4.90 Å². The Balaban J connectivity index is 1.23. The summed E-state index contributed by atoms with van der Waals surface area (Å²) in [4.78, 5) is 60.9. The monoisotopic (exact) mass is 838 g/mol. The first-order valence-corrected chi connectivity index (χ1v) is 22.4. The van der Waals surface area contributed by atoms with Crippen LogP contribution in [0.3, 0.4) is 0 Å². The Morgan fingerprint density at radius 3 is 2.37 bits per heavy atom. The third-order valence-corrected chi connectivity index (χ3v) is 14.6. The summed E-state index contributed by atoms with van der Waals surface area (Å²) in [6, 6.07) is 21.5. The standard InChI is InChI=1S/C46H55N4O9P/c1-7-30-26-46(30,60(54,55)28-29-15-9-8-10-16-29)49-42(51)38-24-33(27-50(38)43(52)41(45(2,3)4)48-44(53)59-31-17-11-12-18-31)58-40-25-37(34-19-13-14-20-39(34)57-6)47-36-23-32(56-5)21-22-35(36)40/h7-10,13-16,19-23,25,30-31,33,38,41H,1,11-12,17-18,24,26-28H2,2-6H3,(H,48,53)(H,49,51)(H,54,55)/t30-,33-,38+,41-,46+/m1/s1. The van der Waals surface area contributed by atoms with Gasteiger partial charge in [-0.15, -0.1) is 6.58 Å². The summed E-state index contributed by atoms with van der Waals surface area (Å²) in [6.07, 6.45) is 3.53. The number of carbonyl (C=O) groups excluding carboxylic acids is 3. The summed E-state index contributed by atoms with van der Waals surface area (Å²) in [5.74, 6) is 0.112. The summed E-state index contributed by atoms with van der Waals surface area (Å²) >= 11 is 0. The second kappa shape index (κ2) is 17.3. The number of carbonyl (C=O) groups is 3. The molecule has 13 nitrogen and oxygen atoms in total. The number of likely N-dealkylation sites (tertiary alicyclic amines) is 1. The van der Waals surface area contributed by atoms with Gasteiger partial charge >= 0.3 is 6.09 Å². The number of aromatic nitrogens is 1. The van der Waals surface area contributed by atoms with Crippen molar-refractivity contribution in [2.45, 2.75) is 95.0 Å². The average Bonchev–Trinajstić information content (AvgIpc) is 3.48. The number of fused-ring (bicyclic) bond motifs is 1. The molecule has 1 aliphatic heterocycles. The molecule has 2 heterocycles. The van der Waals surface area contributed by atoms with Crippen molar-refractivity contribution in [3.05, 3.63) is 97.1 Å². The summed E-state index contributed by atoms with van der Waals surface area (Å²) in [5.41, 5.74) is 1.77. The van der Waals surface area contributed by atoms with E-state index >= 15 is 0 Å². The van der Waals surface area contributed by atoms with Gasteiger partial charge in [0.2, 0.25) is 19.2 Å². The Morgan fingerprint density at radius 2 is 1.70 bits per heavy atom. The fourth-order valence-electron chi connectivity index (χ4n) is 8.53. The van der Waals surface area contributed by atoms with Gasteiger partial charge in [-0.1, -0.05) is 69.3 Å². The number of pyridine rings is 1. The van der Waals surface area contributed by atoms with E-state index in [1.807, 2.05) is 63.2 Å². The molecule has 6 atom stereocenters. The first-order chi connectivity index (χ1) is 28.7. The van der Waals surface area contributed by atoms with Crippen molar-refractivity contribution in [3.63, 3.8) is 0 Å². The van der Waals surface area contributed by atoms with Gasteiger partial charge in [0.15, 0.2) is 0 Å². The molecule has 3 amide bonds. The van der Waals surface area contributed by atoms with Crippen LogP contribution in [0.25, 0.3) is 22.2 Å². The van der Waals surface area contributed by atoms with Crippen molar-refractivity contribution in [1.82, 2.24) is 20.5 Å². The van der Waals surface area contributed by atoms with Gasteiger partial charge in [-0.25, -0.2) is 9.78 Å². The zero-order valence-electron chi connectivity index (χ0n) is 34.9. The van der Waals surface area contributed by atoms with Crippen molar-refractivity contribution < 1.29 is 42.8 Å². The lowest BCUT2D eigenvalue weighted by atomic mass is 9.85. The van der Waals surface area contributed by atoms with E-state index < -0.39 is 60.1 Å². The lowest BCUT2D eigenvalue weighted by molar-refractivity contribution is -0.142. The Hall–Kier alpha value is -5.39.